The van der Waals surface area contributed by atoms with Gasteiger partial charge in [-0.05, 0) is 19.1 Å². The summed E-state index contributed by atoms with van der Waals surface area (Å²) in [4.78, 5) is 34.9. The number of hydrogen-bond donors (Lipinski definition) is 2. The van der Waals surface area contributed by atoms with Gasteiger partial charge in [-0.25, -0.2) is 0 Å². The molecule has 0 unspecified atom stereocenters. The van der Waals surface area contributed by atoms with Gasteiger partial charge < -0.3 is 20.1 Å². The first-order valence-corrected chi connectivity index (χ1v) is 7.84. The molecule has 0 atom stereocenters. The fourth-order valence-corrected chi connectivity index (χ4v) is 1.99. The number of aromatic nitrogens is 2. The molecule has 0 saturated heterocycles. The highest BCUT2D eigenvalue weighted by Crippen LogP contribution is 2.08. The Labute approximate surface area is 150 Å². The number of rotatable bonds is 8. The van der Waals surface area contributed by atoms with Gasteiger partial charge in [-0.1, -0.05) is 18.2 Å². The normalized spacial score (nSPS) is 10.1. The highest BCUT2D eigenvalue weighted by Gasteiger charge is 2.11. The number of carbonyl (C=O) groups excluding carboxylic acids is 3. The molecule has 2 rings (SSSR count). The molecule has 0 bridgehead atoms. The number of para-hydroxylation sites is 1. The highest BCUT2D eigenvalue weighted by atomic mass is 16.5. The predicted octanol–water partition coefficient (Wildman–Crippen LogP) is 0.405. The topological polar surface area (TPSA) is 112 Å². The molecule has 2 N–H and O–H groups in total. The van der Waals surface area contributed by atoms with Crippen molar-refractivity contribution in [1.29, 1.82) is 0 Å². The van der Waals surface area contributed by atoms with Crippen molar-refractivity contribution in [3.8, 4) is 5.75 Å². The number of nitrogens with zero attached hydrogens (tertiary/aromatic N) is 2. The maximum absolute atomic E-state index is 11.7. The Hall–Kier alpha value is -3.36. The summed E-state index contributed by atoms with van der Waals surface area (Å²) in [6.07, 6.45) is 0. The van der Waals surface area contributed by atoms with Crippen LogP contribution in [0.5, 0.6) is 5.75 Å². The summed E-state index contributed by atoms with van der Waals surface area (Å²) in [6.45, 7) is 0.756. The fraction of sp³-hybridized carbons (Fsp3) is 0.294. The first-order valence-electron chi connectivity index (χ1n) is 7.84. The second-order valence-electron chi connectivity index (χ2n) is 5.38. The van der Waals surface area contributed by atoms with E-state index in [2.05, 4.69) is 15.7 Å². The van der Waals surface area contributed by atoms with Crippen LogP contribution in [0.25, 0.3) is 0 Å². The summed E-state index contributed by atoms with van der Waals surface area (Å²) in [7, 11) is 1.68. The molecular weight excluding hydrogens is 340 g/mol. The minimum absolute atomic E-state index is 0.225. The van der Waals surface area contributed by atoms with Crippen LogP contribution >= 0.6 is 0 Å². The molecule has 0 aliphatic carbocycles. The maximum atomic E-state index is 11.7. The van der Waals surface area contributed by atoms with E-state index in [-0.39, 0.29) is 13.2 Å². The molecule has 0 radical (unpaired) electrons. The monoisotopic (exact) mass is 360 g/mol. The number of carbonyl (C=O) groups is 3. The fourth-order valence-electron chi connectivity index (χ4n) is 1.99. The van der Waals surface area contributed by atoms with Gasteiger partial charge in [0.15, 0.2) is 13.2 Å². The third-order valence-corrected chi connectivity index (χ3v) is 3.18. The van der Waals surface area contributed by atoms with Crippen LogP contribution in [0, 0.1) is 6.92 Å². The third-order valence-electron chi connectivity index (χ3n) is 3.18. The standard InChI is InChI=1S/C17H20N4O5/c1-12-8-14(21(2)20-12)19-16(23)11-26-17(24)9-18-15(22)10-25-13-6-4-3-5-7-13/h3-8H,9-11H2,1-2H3,(H,18,22)(H,19,23). The largest absolute Gasteiger partial charge is 0.484 e. The first-order chi connectivity index (χ1) is 12.4. The average molecular weight is 360 g/mol. The number of amides is 2. The smallest absolute Gasteiger partial charge is 0.325 e. The van der Waals surface area contributed by atoms with E-state index in [0.29, 0.717) is 11.6 Å². The van der Waals surface area contributed by atoms with Crippen molar-refractivity contribution >= 4 is 23.6 Å². The van der Waals surface area contributed by atoms with Crippen LogP contribution in [-0.2, 0) is 26.2 Å². The quantitative estimate of drug-likeness (QED) is 0.660. The Morgan fingerprint density at radius 2 is 1.85 bits per heavy atom. The molecule has 9 heteroatoms. The van der Waals surface area contributed by atoms with Crippen molar-refractivity contribution < 1.29 is 23.9 Å². The van der Waals surface area contributed by atoms with Gasteiger partial charge in [0.05, 0.1) is 5.69 Å². The minimum Gasteiger partial charge on any atom is -0.484 e. The summed E-state index contributed by atoms with van der Waals surface area (Å²) < 4.78 is 11.5. The number of nitrogens with one attached hydrogen (secondary N) is 2. The predicted molar refractivity (Wildman–Crippen MR) is 92.5 cm³/mol. The molecule has 1 aromatic heterocycles. The second kappa shape index (κ2) is 9.21. The van der Waals surface area contributed by atoms with Crippen molar-refractivity contribution in [2.24, 2.45) is 7.05 Å². The number of aryl methyl sites for hydroxylation is 2. The molecule has 2 amide bonds. The van der Waals surface area contributed by atoms with Gasteiger partial charge in [0.25, 0.3) is 11.8 Å². The molecule has 26 heavy (non-hydrogen) atoms. The zero-order valence-corrected chi connectivity index (χ0v) is 14.5. The van der Waals surface area contributed by atoms with Crippen molar-refractivity contribution in [3.05, 3.63) is 42.1 Å². The van der Waals surface area contributed by atoms with E-state index in [9.17, 15) is 14.4 Å². The van der Waals surface area contributed by atoms with Gasteiger partial charge >= 0.3 is 5.97 Å². The van der Waals surface area contributed by atoms with Crippen LogP contribution in [0.2, 0.25) is 0 Å². The Morgan fingerprint density at radius 1 is 1.12 bits per heavy atom. The summed E-state index contributed by atoms with van der Waals surface area (Å²) in [5.41, 5.74) is 0.750. The van der Waals surface area contributed by atoms with Gasteiger partial charge in [0, 0.05) is 13.1 Å². The van der Waals surface area contributed by atoms with Crippen LogP contribution in [0.3, 0.4) is 0 Å². The van der Waals surface area contributed by atoms with E-state index in [1.807, 2.05) is 6.07 Å². The molecular formula is C17H20N4O5. The van der Waals surface area contributed by atoms with E-state index in [1.54, 1.807) is 44.3 Å². The Balaban J connectivity index is 1.63. The van der Waals surface area contributed by atoms with Crippen LogP contribution in [0.1, 0.15) is 5.69 Å². The Kier molecular flexibility index (Phi) is 6.72. The van der Waals surface area contributed by atoms with Crippen molar-refractivity contribution in [2.75, 3.05) is 25.1 Å². The van der Waals surface area contributed by atoms with Crippen molar-refractivity contribution in [1.82, 2.24) is 15.1 Å². The van der Waals surface area contributed by atoms with Crippen LogP contribution < -0.4 is 15.4 Å². The van der Waals surface area contributed by atoms with E-state index < -0.39 is 24.4 Å². The van der Waals surface area contributed by atoms with Crippen LogP contribution in [-0.4, -0.2) is 47.3 Å². The van der Waals surface area contributed by atoms with Crippen LogP contribution in [0.15, 0.2) is 36.4 Å². The molecule has 138 valence electrons. The molecule has 1 aromatic carbocycles. The molecule has 0 aliphatic heterocycles. The SMILES string of the molecule is Cc1cc(NC(=O)COC(=O)CNC(=O)COc2ccccc2)n(C)n1. The maximum Gasteiger partial charge on any atom is 0.325 e. The van der Waals surface area contributed by atoms with Gasteiger partial charge in [-0.2, -0.15) is 5.10 Å². The zero-order valence-electron chi connectivity index (χ0n) is 14.5. The van der Waals surface area contributed by atoms with E-state index in [0.717, 1.165) is 5.69 Å². The average Bonchev–Trinajstić information content (AvgIpc) is 2.94. The molecule has 0 fully saturated rings. The minimum atomic E-state index is -0.727. The van der Waals surface area contributed by atoms with Crippen LogP contribution in [0.4, 0.5) is 5.82 Å². The van der Waals surface area contributed by atoms with Gasteiger partial charge in [0.2, 0.25) is 0 Å². The van der Waals surface area contributed by atoms with Gasteiger partial charge in [-0.15, -0.1) is 0 Å². The van der Waals surface area contributed by atoms with E-state index >= 15 is 0 Å². The lowest BCUT2D eigenvalue weighted by atomic mass is 10.3. The Bertz CT molecular complexity index is 773. The third kappa shape index (κ3) is 6.27. The number of benzene rings is 1. The number of esters is 1. The summed E-state index contributed by atoms with van der Waals surface area (Å²) in [5, 5.41) is 9.00. The number of hydrogen-bond acceptors (Lipinski definition) is 6. The number of anilines is 1. The summed E-state index contributed by atoms with van der Waals surface area (Å²) >= 11 is 0. The van der Waals surface area contributed by atoms with Gasteiger partial charge in [-0.3, -0.25) is 19.1 Å². The Morgan fingerprint density at radius 3 is 2.50 bits per heavy atom. The van der Waals surface area contributed by atoms with Crippen molar-refractivity contribution in [2.45, 2.75) is 6.92 Å². The molecule has 9 nitrogen and oxygen atoms in total. The van der Waals surface area contributed by atoms with E-state index in [4.69, 9.17) is 9.47 Å². The lowest BCUT2D eigenvalue weighted by Gasteiger charge is -2.08. The second-order valence-corrected chi connectivity index (χ2v) is 5.38. The first kappa shape index (κ1) is 19.0. The zero-order chi connectivity index (χ0) is 18.9. The van der Waals surface area contributed by atoms with E-state index in [1.165, 1.54) is 4.68 Å². The molecule has 0 aliphatic rings. The summed E-state index contributed by atoms with van der Waals surface area (Å²) in [6, 6.07) is 10.5. The number of ether oxygens (including phenoxy) is 2. The lowest BCUT2D eigenvalue weighted by molar-refractivity contribution is -0.147. The summed E-state index contributed by atoms with van der Waals surface area (Å²) in [5.74, 6) is -0.655. The molecule has 1 heterocycles. The van der Waals surface area contributed by atoms with Gasteiger partial charge in [0.1, 0.15) is 18.1 Å². The highest BCUT2D eigenvalue weighted by molar-refractivity contribution is 5.92. The molecule has 0 saturated carbocycles. The molecule has 2 aromatic rings. The lowest BCUT2D eigenvalue weighted by Crippen LogP contribution is -2.35. The van der Waals surface area contributed by atoms with Crippen molar-refractivity contribution in [3.63, 3.8) is 0 Å². The molecule has 0 spiro atoms.